The molecule has 112 valence electrons. The van der Waals surface area contributed by atoms with E-state index in [1.165, 1.54) is 18.1 Å². The second kappa shape index (κ2) is 6.41. The van der Waals surface area contributed by atoms with Crippen molar-refractivity contribution in [3.8, 4) is 0 Å². The number of halogens is 1. The SMILES string of the molecule is CCn1nnc2c(SCC(=O)c3ccc(Cl)cc3)ncnc21. The van der Waals surface area contributed by atoms with Gasteiger partial charge in [0.15, 0.2) is 16.9 Å². The van der Waals surface area contributed by atoms with Gasteiger partial charge in [0, 0.05) is 17.1 Å². The molecule has 22 heavy (non-hydrogen) atoms. The van der Waals surface area contributed by atoms with E-state index in [-0.39, 0.29) is 11.5 Å². The Hall–Kier alpha value is -1.99. The first-order chi connectivity index (χ1) is 10.7. The summed E-state index contributed by atoms with van der Waals surface area (Å²) in [6.45, 7) is 2.65. The number of Topliss-reactive ketones (excluding diaryl/α,β-unsaturated/α-hetero) is 1. The van der Waals surface area contributed by atoms with E-state index in [1.807, 2.05) is 6.92 Å². The molecule has 3 rings (SSSR count). The fourth-order valence-corrected chi connectivity index (χ4v) is 2.89. The molecule has 0 bridgehead atoms. The Morgan fingerprint density at radius 1 is 1.27 bits per heavy atom. The first-order valence-electron chi connectivity index (χ1n) is 6.64. The molecular formula is C14H12ClN5OS. The van der Waals surface area contributed by atoms with Gasteiger partial charge in [0.25, 0.3) is 0 Å². The second-order valence-corrected chi connectivity index (χ2v) is 5.88. The van der Waals surface area contributed by atoms with Gasteiger partial charge in [0.1, 0.15) is 11.4 Å². The maximum Gasteiger partial charge on any atom is 0.182 e. The Bertz CT molecular complexity index is 818. The van der Waals surface area contributed by atoms with Crippen LogP contribution >= 0.6 is 23.4 Å². The summed E-state index contributed by atoms with van der Waals surface area (Å²) in [5, 5.41) is 9.38. The standard InChI is InChI=1S/C14H12ClN5OS/c1-2-20-13-12(18-19-20)14(17-8-16-13)22-7-11(21)9-3-5-10(15)6-4-9/h3-6,8H,2,7H2,1H3. The molecule has 6 nitrogen and oxygen atoms in total. The van der Waals surface area contributed by atoms with Crippen LogP contribution in [0.15, 0.2) is 35.6 Å². The van der Waals surface area contributed by atoms with E-state index < -0.39 is 0 Å². The van der Waals surface area contributed by atoms with Crippen LogP contribution < -0.4 is 0 Å². The van der Waals surface area contributed by atoms with Crippen LogP contribution in [0.4, 0.5) is 0 Å². The molecule has 8 heteroatoms. The molecule has 2 heterocycles. The van der Waals surface area contributed by atoms with Gasteiger partial charge in [-0.15, -0.1) is 5.10 Å². The summed E-state index contributed by atoms with van der Waals surface area (Å²) in [5.41, 5.74) is 1.93. The molecule has 0 unspecified atom stereocenters. The fourth-order valence-electron chi connectivity index (χ4n) is 1.94. The van der Waals surface area contributed by atoms with Crippen molar-refractivity contribution in [1.82, 2.24) is 25.0 Å². The highest BCUT2D eigenvalue weighted by Gasteiger charge is 2.13. The highest BCUT2D eigenvalue weighted by molar-refractivity contribution is 8.00. The molecule has 0 saturated carbocycles. The molecule has 0 atom stereocenters. The number of thioether (sulfide) groups is 1. The molecular weight excluding hydrogens is 322 g/mol. The lowest BCUT2D eigenvalue weighted by Crippen LogP contribution is -2.03. The Morgan fingerprint density at radius 2 is 2.05 bits per heavy atom. The third-order valence-corrected chi connectivity index (χ3v) is 4.30. The van der Waals surface area contributed by atoms with E-state index in [0.717, 1.165) is 0 Å². The van der Waals surface area contributed by atoms with Gasteiger partial charge in [-0.3, -0.25) is 4.79 Å². The summed E-state index contributed by atoms with van der Waals surface area (Å²) < 4.78 is 1.70. The normalized spacial score (nSPS) is 11.0. The summed E-state index contributed by atoms with van der Waals surface area (Å²) in [5.74, 6) is 0.281. The van der Waals surface area contributed by atoms with E-state index in [9.17, 15) is 4.79 Å². The number of carbonyl (C=O) groups excluding carboxylic acids is 1. The minimum absolute atomic E-state index is 0.0105. The predicted octanol–water partition coefficient (Wildman–Crippen LogP) is 2.87. The third-order valence-electron chi connectivity index (χ3n) is 3.07. The first-order valence-corrected chi connectivity index (χ1v) is 8.01. The highest BCUT2D eigenvalue weighted by Crippen LogP contribution is 2.23. The number of hydrogen-bond donors (Lipinski definition) is 0. The lowest BCUT2D eigenvalue weighted by Gasteiger charge is -2.02. The molecule has 2 aromatic heterocycles. The first kappa shape index (κ1) is 14.9. The van der Waals surface area contributed by atoms with Crippen molar-refractivity contribution in [2.24, 2.45) is 0 Å². The van der Waals surface area contributed by atoms with Crippen molar-refractivity contribution in [2.45, 2.75) is 18.5 Å². The average Bonchev–Trinajstić information content (AvgIpc) is 2.97. The molecule has 0 spiro atoms. The van der Waals surface area contributed by atoms with Gasteiger partial charge in [0.2, 0.25) is 0 Å². The zero-order valence-electron chi connectivity index (χ0n) is 11.7. The van der Waals surface area contributed by atoms with Crippen LogP contribution in [-0.2, 0) is 6.54 Å². The van der Waals surface area contributed by atoms with Gasteiger partial charge in [0.05, 0.1) is 5.75 Å². The number of carbonyl (C=O) groups is 1. The van der Waals surface area contributed by atoms with Crippen LogP contribution in [0.1, 0.15) is 17.3 Å². The van der Waals surface area contributed by atoms with E-state index >= 15 is 0 Å². The van der Waals surface area contributed by atoms with Crippen molar-refractivity contribution in [3.63, 3.8) is 0 Å². The van der Waals surface area contributed by atoms with Crippen LogP contribution in [0.25, 0.3) is 11.2 Å². The Labute approximate surface area is 135 Å². The average molecular weight is 334 g/mol. The molecule has 0 fully saturated rings. The molecule has 0 N–H and O–H groups in total. The van der Waals surface area contributed by atoms with Crippen molar-refractivity contribution >= 4 is 40.3 Å². The number of nitrogens with zero attached hydrogens (tertiary/aromatic N) is 5. The molecule has 0 aliphatic rings. The molecule has 0 aliphatic heterocycles. The van der Waals surface area contributed by atoms with Crippen LogP contribution in [-0.4, -0.2) is 36.5 Å². The largest absolute Gasteiger partial charge is 0.293 e. The highest BCUT2D eigenvalue weighted by atomic mass is 35.5. The number of aromatic nitrogens is 5. The second-order valence-electron chi connectivity index (χ2n) is 4.47. The smallest absolute Gasteiger partial charge is 0.182 e. The Kier molecular flexibility index (Phi) is 4.35. The minimum atomic E-state index is 0.0105. The Balaban J connectivity index is 1.78. The Morgan fingerprint density at radius 3 is 2.77 bits per heavy atom. The summed E-state index contributed by atoms with van der Waals surface area (Å²) >= 11 is 7.15. The number of hydrogen-bond acceptors (Lipinski definition) is 6. The summed E-state index contributed by atoms with van der Waals surface area (Å²) in [6, 6.07) is 6.84. The van der Waals surface area contributed by atoms with Crippen LogP contribution in [0.2, 0.25) is 5.02 Å². The zero-order valence-corrected chi connectivity index (χ0v) is 13.3. The van der Waals surface area contributed by atoms with Gasteiger partial charge in [-0.25, -0.2) is 14.6 Å². The predicted molar refractivity (Wildman–Crippen MR) is 85.3 cm³/mol. The van der Waals surface area contributed by atoms with Crippen molar-refractivity contribution in [2.75, 3.05) is 5.75 Å². The molecule has 1 aromatic carbocycles. The zero-order chi connectivity index (χ0) is 15.5. The van der Waals surface area contributed by atoms with Crippen LogP contribution in [0.5, 0.6) is 0 Å². The van der Waals surface area contributed by atoms with E-state index in [2.05, 4.69) is 20.3 Å². The number of benzene rings is 1. The molecule has 3 aromatic rings. The number of rotatable bonds is 5. The third kappa shape index (κ3) is 2.95. The molecule has 0 amide bonds. The lowest BCUT2D eigenvalue weighted by atomic mass is 10.1. The summed E-state index contributed by atoms with van der Waals surface area (Å²) in [6.07, 6.45) is 1.47. The van der Waals surface area contributed by atoms with Gasteiger partial charge in [-0.05, 0) is 31.2 Å². The van der Waals surface area contributed by atoms with Crippen molar-refractivity contribution in [3.05, 3.63) is 41.2 Å². The van der Waals surface area contributed by atoms with Crippen molar-refractivity contribution in [1.29, 1.82) is 0 Å². The van der Waals surface area contributed by atoms with E-state index in [1.54, 1.807) is 28.9 Å². The maximum atomic E-state index is 12.2. The van der Waals surface area contributed by atoms with Gasteiger partial charge >= 0.3 is 0 Å². The number of aryl methyl sites for hydroxylation is 1. The van der Waals surface area contributed by atoms with Crippen LogP contribution in [0.3, 0.4) is 0 Å². The maximum absolute atomic E-state index is 12.2. The van der Waals surface area contributed by atoms with Gasteiger partial charge < -0.3 is 0 Å². The molecule has 0 aliphatic carbocycles. The summed E-state index contributed by atoms with van der Waals surface area (Å²) in [4.78, 5) is 20.6. The van der Waals surface area contributed by atoms with E-state index in [4.69, 9.17) is 11.6 Å². The lowest BCUT2D eigenvalue weighted by molar-refractivity contribution is 0.102. The molecule has 0 saturated heterocycles. The van der Waals surface area contributed by atoms with Crippen molar-refractivity contribution < 1.29 is 4.79 Å². The minimum Gasteiger partial charge on any atom is -0.293 e. The monoisotopic (exact) mass is 333 g/mol. The quantitative estimate of drug-likeness (QED) is 0.406. The number of fused-ring (bicyclic) bond motifs is 1. The van der Waals surface area contributed by atoms with Gasteiger partial charge in [-0.2, -0.15) is 0 Å². The molecule has 0 radical (unpaired) electrons. The fraction of sp³-hybridized carbons (Fsp3) is 0.214. The van der Waals surface area contributed by atoms with Crippen LogP contribution in [0, 0.1) is 0 Å². The van der Waals surface area contributed by atoms with Gasteiger partial charge in [-0.1, -0.05) is 28.6 Å². The van der Waals surface area contributed by atoms with E-state index in [0.29, 0.717) is 33.3 Å². The number of ketones is 1. The summed E-state index contributed by atoms with van der Waals surface area (Å²) in [7, 11) is 0. The topological polar surface area (TPSA) is 73.6 Å².